The lowest BCUT2D eigenvalue weighted by molar-refractivity contribution is -0.135. The van der Waals surface area contributed by atoms with Crippen LogP contribution in [0.15, 0.2) is 41.2 Å². The zero-order valence-corrected chi connectivity index (χ0v) is 15.2. The van der Waals surface area contributed by atoms with Crippen LogP contribution in [0.5, 0.6) is 17.2 Å². The van der Waals surface area contributed by atoms with Crippen LogP contribution in [-0.2, 0) is 4.79 Å². The number of aromatic nitrogens is 1. The van der Waals surface area contributed by atoms with Gasteiger partial charge in [-0.1, -0.05) is 0 Å². The molecule has 1 aliphatic rings. The van der Waals surface area contributed by atoms with Crippen molar-refractivity contribution in [3.63, 3.8) is 0 Å². The van der Waals surface area contributed by atoms with Crippen LogP contribution in [0.2, 0.25) is 0 Å². The number of methoxy groups -OCH3 is 1. The molecule has 28 heavy (non-hydrogen) atoms. The first-order chi connectivity index (χ1) is 13.4. The predicted molar refractivity (Wildman–Crippen MR) is 101 cm³/mol. The number of carbonyl (C=O) groups is 2. The van der Waals surface area contributed by atoms with E-state index in [1.807, 2.05) is 0 Å². The maximum Gasteiger partial charge on any atom is 0.312 e. The molecule has 1 aliphatic heterocycles. The van der Waals surface area contributed by atoms with Gasteiger partial charge in [-0.15, -0.1) is 0 Å². The lowest BCUT2D eigenvalue weighted by atomic mass is 9.84. The number of hydrogen-bond donors (Lipinski definition) is 2. The van der Waals surface area contributed by atoms with Crippen LogP contribution in [0.3, 0.4) is 0 Å². The fraction of sp³-hybridized carbons (Fsp3) is 0.190. The lowest BCUT2D eigenvalue weighted by Gasteiger charge is -2.26. The quantitative estimate of drug-likeness (QED) is 0.412. The standard InChI is InChI=1S/C21H17NO6/c1-10(23)13-4-6-17-19(20(13)25)14(9-18(24)28-17)15-8-11-7-12(27-2)3-5-16(11)22-21(15)26/h3-8,14,25H,9H2,1-2H3,(H,22,26)/t14-/m1/s1. The molecule has 3 aromatic rings. The summed E-state index contributed by atoms with van der Waals surface area (Å²) in [7, 11) is 1.54. The van der Waals surface area contributed by atoms with Gasteiger partial charge in [-0.25, -0.2) is 0 Å². The molecule has 0 unspecified atom stereocenters. The van der Waals surface area contributed by atoms with E-state index < -0.39 is 11.9 Å². The number of esters is 1. The van der Waals surface area contributed by atoms with Crippen LogP contribution in [0, 0.1) is 0 Å². The Morgan fingerprint density at radius 1 is 1.21 bits per heavy atom. The summed E-state index contributed by atoms with van der Waals surface area (Å²) in [4.78, 5) is 39.5. The Morgan fingerprint density at radius 3 is 2.71 bits per heavy atom. The van der Waals surface area contributed by atoms with Crippen LogP contribution in [0.1, 0.15) is 40.7 Å². The van der Waals surface area contributed by atoms with Crippen molar-refractivity contribution < 1.29 is 24.2 Å². The maximum atomic E-state index is 12.7. The number of phenols is 1. The Morgan fingerprint density at radius 2 is 2.00 bits per heavy atom. The first kappa shape index (κ1) is 17.8. The fourth-order valence-corrected chi connectivity index (χ4v) is 3.59. The number of pyridine rings is 1. The molecule has 2 N–H and O–H groups in total. The summed E-state index contributed by atoms with van der Waals surface area (Å²) in [6, 6.07) is 9.77. The van der Waals surface area contributed by atoms with E-state index in [2.05, 4.69) is 4.98 Å². The van der Waals surface area contributed by atoms with Crippen molar-refractivity contribution in [1.29, 1.82) is 0 Å². The maximum absolute atomic E-state index is 12.7. The number of H-pyrrole nitrogens is 1. The van der Waals surface area contributed by atoms with E-state index >= 15 is 0 Å². The number of ether oxygens (including phenoxy) is 2. The number of nitrogens with one attached hydrogen (secondary N) is 1. The van der Waals surface area contributed by atoms with E-state index in [4.69, 9.17) is 9.47 Å². The topological polar surface area (TPSA) is 106 Å². The highest BCUT2D eigenvalue weighted by atomic mass is 16.5. The molecule has 0 amide bonds. The Balaban J connectivity index is 1.96. The summed E-state index contributed by atoms with van der Waals surface area (Å²) >= 11 is 0. The molecular formula is C21H17NO6. The van der Waals surface area contributed by atoms with E-state index in [-0.39, 0.29) is 40.4 Å². The third kappa shape index (κ3) is 2.81. The molecule has 0 bridgehead atoms. The lowest BCUT2D eigenvalue weighted by Crippen LogP contribution is -2.26. The molecule has 142 valence electrons. The van der Waals surface area contributed by atoms with Gasteiger partial charge in [0.1, 0.15) is 17.2 Å². The predicted octanol–water partition coefficient (Wildman–Crippen LogP) is 2.89. The summed E-state index contributed by atoms with van der Waals surface area (Å²) < 4.78 is 10.4. The normalized spacial score (nSPS) is 15.8. The highest BCUT2D eigenvalue weighted by Crippen LogP contribution is 2.44. The van der Waals surface area contributed by atoms with Crippen LogP contribution in [0.4, 0.5) is 0 Å². The second-order valence-corrected chi connectivity index (χ2v) is 6.67. The second kappa shape index (κ2) is 6.53. The number of Topliss-reactive ketones (excluding diaryl/α,β-unsaturated/α-hetero) is 1. The summed E-state index contributed by atoms with van der Waals surface area (Å²) in [6.45, 7) is 1.33. The summed E-state index contributed by atoms with van der Waals surface area (Å²) in [5, 5.41) is 11.4. The molecule has 1 atom stereocenters. The number of phenolic OH excluding ortho intramolecular Hbond substituents is 1. The molecule has 0 saturated carbocycles. The van der Waals surface area contributed by atoms with Crippen molar-refractivity contribution in [1.82, 2.24) is 4.98 Å². The number of ketones is 1. The molecule has 0 saturated heterocycles. The molecule has 2 aromatic carbocycles. The van der Waals surface area contributed by atoms with Gasteiger partial charge in [0.2, 0.25) is 0 Å². The van der Waals surface area contributed by atoms with Gasteiger partial charge in [-0.05, 0) is 43.3 Å². The van der Waals surface area contributed by atoms with E-state index in [0.29, 0.717) is 16.8 Å². The zero-order chi connectivity index (χ0) is 20.0. The smallest absolute Gasteiger partial charge is 0.312 e. The number of benzene rings is 2. The van der Waals surface area contributed by atoms with Crippen LogP contribution < -0.4 is 15.0 Å². The van der Waals surface area contributed by atoms with Crippen LogP contribution in [0.25, 0.3) is 10.9 Å². The first-order valence-corrected chi connectivity index (χ1v) is 8.67. The second-order valence-electron chi connectivity index (χ2n) is 6.67. The number of hydrogen-bond acceptors (Lipinski definition) is 6. The van der Waals surface area contributed by atoms with Crippen LogP contribution in [-0.4, -0.2) is 29.0 Å². The van der Waals surface area contributed by atoms with Gasteiger partial charge in [0.05, 0.1) is 19.1 Å². The Labute approximate surface area is 159 Å². The number of aromatic amines is 1. The average Bonchev–Trinajstić information content (AvgIpc) is 2.66. The molecule has 0 fully saturated rings. The Bertz CT molecular complexity index is 1190. The van der Waals surface area contributed by atoms with Crippen molar-refractivity contribution in [2.45, 2.75) is 19.3 Å². The molecule has 7 heteroatoms. The molecular weight excluding hydrogens is 362 g/mol. The minimum absolute atomic E-state index is 0.112. The van der Waals surface area contributed by atoms with Crippen molar-refractivity contribution in [3.05, 3.63) is 63.4 Å². The highest BCUT2D eigenvalue weighted by molar-refractivity contribution is 5.98. The SMILES string of the molecule is COc1ccc2[nH]c(=O)c([C@H]3CC(=O)Oc4ccc(C(C)=O)c(O)c43)cc2c1. The van der Waals surface area contributed by atoms with E-state index in [1.165, 1.54) is 19.1 Å². The first-order valence-electron chi connectivity index (χ1n) is 8.67. The number of rotatable bonds is 3. The van der Waals surface area contributed by atoms with Crippen molar-refractivity contribution >= 4 is 22.7 Å². The molecule has 1 aromatic heterocycles. The van der Waals surface area contributed by atoms with Gasteiger partial charge in [0.15, 0.2) is 5.78 Å². The van der Waals surface area contributed by atoms with Crippen molar-refractivity contribution in [3.8, 4) is 17.2 Å². The third-order valence-electron chi connectivity index (χ3n) is 4.95. The molecule has 2 heterocycles. The largest absolute Gasteiger partial charge is 0.507 e. The third-order valence-corrected chi connectivity index (χ3v) is 4.95. The monoisotopic (exact) mass is 379 g/mol. The molecule has 0 spiro atoms. The minimum atomic E-state index is -0.741. The Hall–Kier alpha value is -3.61. The van der Waals surface area contributed by atoms with Gasteiger partial charge >= 0.3 is 5.97 Å². The van der Waals surface area contributed by atoms with Gasteiger partial charge in [-0.2, -0.15) is 0 Å². The number of carbonyl (C=O) groups excluding carboxylic acids is 2. The molecule has 0 radical (unpaired) electrons. The average molecular weight is 379 g/mol. The van der Waals surface area contributed by atoms with E-state index in [0.717, 1.165) is 5.39 Å². The minimum Gasteiger partial charge on any atom is -0.507 e. The summed E-state index contributed by atoms with van der Waals surface area (Å²) in [5.74, 6) is -1.09. The van der Waals surface area contributed by atoms with Gasteiger partial charge in [0.25, 0.3) is 5.56 Å². The number of aromatic hydroxyl groups is 1. The van der Waals surface area contributed by atoms with Gasteiger partial charge < -0.3 is 19.6 Å². The molecule has 0 aliphatic carbocycles. The molecule has 4 rings (SSSR count). The van der Waals surface area contributed by atoms with Gasteiger partial charge in [0, 0.05) is 27.9 Å². The van der Waals surface area contributed by atoms with Gasteiger partial charge in [-0.3, -0.25) is 14.4 Å². The summed E-state index contributed by atoms with van der Waals surface area (Å²) in [6.07, 6.45) is -0.125. The summed E-state index contributed by atoms with van der Waals surface area (Å²) in [5.41, 5.74) is 0.918. The van der Waals surface area contributed by atoms with Crippen LogP contribution >= 0.6 is 0 Å². The van der Waals surface area contributed by atoms with Crippen molar-refractivity contribution in [2.24, 2.45) is 0 Å². The van der Waals surface area contributed by atoms with E-state index in [1.54, 1.807) is 31.4 Å². The highest BCUT2D eigenvalue weighted by Gasteiger charge is 2.34. The molecule has 7 nitrogen and oxygen atoms in total. The van der Waals surface area contributed by atoms with Crippen molar-refractivity contribution in [2.75, 3.05) is 7.11 Å². The fourth-order valence-electron chi connectivity index (χ4n) is 3.59. The van der Waals surface area contributed by atoms with E-state index in [9.17, 15) is 19.5 Å². The zero-order valence-electron chi connectivity index (χ0n) is 15.2. The number of fused-ring (bicyclic) bond motifs is 2. The Kier molecular flexibility index (Phi) is 4.15.